The van der Waals surface area contributed by atoms with Crippen LogP contribution < -0.4 is 10.6 Å². The molecule has 0 bridgehead atoms. The highest BCUT2D eigenvalue weighted by Gasteiger charge is 2.44. The summed E-state index contributed by atoms with van der Waals surface area (Å²) in [4.78, 5) is 25.4. The van der Waals surface area contributed by atoms with Crippen LogP contribution >= 0.6 is 23.5 Å². The molecule has 1 atom stereocenters. The fourth-order valence-electron chi connectivity index (χ4n) is 2.72. The molecule has 1 aliphatic rings. The monoisotopic (exact) mass is 414 g/mol. The van der Waals surface area contributed by atoms with Crippen LogP contribution in [0.25, 0.3) is 0 Å². The van der Waals surface area contributed by atoms with Gasteiger partial charge in [0.15, 0.2) is 0 Å². The Morgan fingerprint density at radius 3 is 2.54 bits per heavy atom. The van der Waals surface area contributed by atoms with Crippen LogP contribution in [0.5, 0.6) is 0 Å². The number of nitriles is 2. The van der Waals surface area contributed by atoms with E-state index in [1.165, 1.54) is 5.56 Å². The summed E-state index contributed by atoms with van der Waals surface area (Å²) in [5, 5.41) is 24.5. The zero-order valence-corrected chi connectivity index (χ0v) is 17.7. The van der Waals surface area contributed by atoms with E-state index in [0.717, 1.165) is 22.4 Å². The molecule has 146 valence electrons. The number of benzene rings is 1. The second kappa shape index (κ2) is 9.68. The second-order valence-corrected chi connectivity index (χ2v) is 9.04. The molecule has 0 radical (unpaired) electrons. The van der Waals surface area contributed by atoms with Crippen LogP contribution in [0.1, 0.15) is 19.4 Å². The molecule has 0 fully saturated rings. The molecule has 2 amide bonds. The minimum absolute atomic E-state index is 0.0866. The molecule has 0 unspecified atom stereocenters. The van der Waals surface area contributed by atoms with Gasteiger partial charge in [-0.1, -0.05) is 43.3 Å². The Kier molecular flexibility index (Phi) is 7.56. The number of aryl methyl sites for hydroxylation is 1. The SMILES string of the molecule is Cc1ccc(SCCNC(=O)CSC2=C(C#N)C(C)(C)[C@@H](C#N)C(=O)N2)cc1. The molecule has 2 rings (SSSR count). The normalized spacial score (nSPS) is 18.0. The van der Waals surface area contributed by atoms with Crippen LogP contribution in [-0.4, -0.2) is 29.9 Å². The van der Waals surface area contributed by atoms with Crippen molar-refractivity contribution < 1.29 is 9.59 Å². The third kappa shape index (κ3) is 5.31. The lowest BCUT2D eigenvalue weighted by molar-refractivity contribution is -0.125. The zero-order chi connectivity index (χ0) is 20.7. The highest BCUT2D eigenvalue weighted by atomic mass is 32.2. The summed E-state index contributed by atoms with van der Waals surface area (Å²) < 4.78 is 0. The highest BCUT2D eigenvalue weighted by molar-refractivity contribution is 8.03. The number of nitrogens with one attached hydrogen (secondary N) is 2. The minimum Gasteiger partial charge on any atom is -0.355 e. The molecule has 0 aliphatic carbocycles. The van der Waals surface area contributed by atoms with Gasteiger partial charge in [0.25, 0.3) is 0 Å². The first-order valence-corrected chi connectivity index (χ1v) is 10.7. The van der Waals surface area contributed by atoms with Gasteiger partial charge in [0.2, 0.25) is 11.8 Å². The minimum atomic E-state index is -0.931. The quantitative estimate of drug-likeness (QED) is 0.525. The van der Waals surface area contributed by atoms with Crippen molar-refractivity contribution in [2.45, 2.75) is 25.7 Å². The van der Waals surface area contributed by atoms with Gasteiger partial charge in [0.05, 0.1) is 28.5 Å². The van der Waals surface area contributed by atoms with Gasteiger partial charge in [-0.15, -0.1) is 11.8 Å². The van der Waals surface area contributed by atoms with Crippen LogP contribution in [0, 0.1) is 40.9 Å². The van der Waals surface area contributed by atoms with Crippen LogP contribution in [-0.2, 0) is 9.59 Å². The molecule has 1 aromatic carbocycles. The van der Waals surface area contributed by atoms with Gasteiger partial charge in [-0.3, -0.25) is 9.59 Å². The lowest BCUT2D eigenvalue weighted by Crippen LogP contribution is -2.44. The number of nitrogens with zero attached hydrogens (tertiary/aromatic N) is 2. The van der Waals surface area contributed by atoms with Crippen molar-refractivity contribution in [1.29, 1.82) is 10.5 Å². The molecule has 0 saturated carbocycles. The predicted molar refractivity (Wildman–Crippen MR) is 111 cm³/mol. The van der Waals surface area contributed by atoms with Crippen molar-refractivity contribution in [3.8, 4) is 12.1 Å². The summed E-state index contributed by atoms with van der Waals surface area (Å²) in [6.07, 6.45) is 0. The zero-order valence-electron chi connectivity index (χ0n) is 16.0. The Morgan fingerprint density at radius 2 is 1.93 bits per heavy atom. The number of carbonyl (C=O) groups excluding carboxylic acids is 2. The molecular weight excluding hydrogens is 392 g/mol. The Balaban J connectivity index is 1.85. The first kappa shape index (κ1) is 21.9. The second-order valence-electron chi connectivity index (χ2n) is 6.89. The molecule has 28 heavy (non-hydrogen) atoms. The maximum Gasteiger partial charge on any atom is 0.243 e. The first-order valence-electron chi connectivity index (χ1n) is 8.74. The van der Waals surface area contributed by atoms with E-state index in [2.05, 4.69) is 41.0 Å². The van der Waals surface area contributed by atoms with Crippen molar-refractivity contribution in [2.24, 2.45) is 11.3 Å². The molecule has 0 spiro atoms. The topological polar surface area (TPSA) is 106 Å². The van der Waals surface area contributed by atoms with E-state index in [9.17, 15) is 20.1 Å². The van der Waals surface area contributed by atoms with E-state index in [1.807, 2.05) is 13.0 Å². The van der Waals surface area contributed by atoms with Crippen molar-refractivity contribution >= 4 is 35.3 Å². The molecular formula is C20H22N4O2S2. The predicted octanol–water partition coefficient (Wildman–Crippen LogP) is 2.97. The summed E-state index contributed by atoms with van der Waals surface area (Å²) in [5.41, 5.74) is 0.640. The molecule has 2 N–H and O–H groups in total. The fourth-order valence-corrected chi connectivity index (χ4v) is 4.49. The molecule has 1 aliphatic heterocycles. The van der Waals surface area contributed by atoms with Crippen molar-refractivity contribution in [1.82, 2.24) is 10.6 Å². The summed E-state index contributed by atoms with van der Waals surface area (Å²) in [6.45, 7) is 5.95. The van der Waals surface area contributed by atoms with E-state index >= 15 is 0 Å². The maximum absolute atomic E-state index is 12.1. The van der Waals surface area contributed by atoms with E-state index in [4.69, 9.17) is 0 Å². The van der Waals surface area contributed by atoms with Crippen LogP contribution in [0.3, 0.4) is 0 Å². The van der Waals surface area contributed by atoms with Crippen LogP contribution in [0.2, 0.25) is 0 Å². The average molecular weight is 415 g/mol. The fraction of sp³-hybridized carbons (Fsp3) is 0.400. The lowest BCUT2D eigenvalue weighted by atomic mass is 9.72. The Bertz CT molecular complexity index is 864. The molecule has 6 nitrogen and oxygen atoms in total. The van der Waals surface area contributed by atoms with Gasteiger partial charge >= 0.3 is 0 Å². The van der Waals surface area contributed by atoms with Gasteiger partial charge in [-0.05, 0) is 19.1 Å². The Morgan fingerprint density at radius 1 is 1.25 bits per heavy atom. The van der Waals surface area contributed by atoms with Crippen molar-refractivity contribution in [3.05, 3.63) is 40.4 Å². The van der Waals surface area contributed by atoms with E-state index < -0.39 is 17.2 Å². The third-order valence-corrected chi connectivity index (χ3v) is 6.41. The molecule has 8 heteroatoms. The summed E-state index contributed by atoms with van der Waals surface area (Å²) in [6, 6.07) is 12.2. The number of amides is 2. The van der Waals surface area contributed by atoms with Crippen molar-refractivity contribution in [2.75, 3.05) is 18.1 Å². The van der Waals surface area contributed by atoms with Crippen LogP contribution in [0.4, 0.5) is 0 Å². The number of carbonyl (C=O) groups is 2. The number of thioether (sulfide) groups is 2. The third-order valence-electron chi connectivity index (χ3n) is 4.39. The van der Waals surface area contributed by atoms with Gasteiger partial charge in [-0.25, -0.2) is 0 Å². The number of hydrogen-bond donors (Lipinski definition) is 2. The average Bonchev–Trinajstić information content (AvgIpc) is 2.64. The highest BCUT2D eigenvalue weighted by Crippen LogP contribution is 2.41. The standard InChI is InChI=1S/C20H22N4O2S2/c1-13-4-6-14(7-5-13)27-9-8-23-17(25)12-28-19-16(11-22)20(2,3)15(10-21)18(26)24-19/h4-7,15H,8-9,12H2,1-3H3,(H,23,25)(H,24,26)/t15-/m0/s1. The number of allylic oxidation sites excluding steroid dienone is 1. The number of hydrogen-bond acceptors (Lipinski definition) is 6. The first-order chi connectivity index (χ1) is 13.3. The van der Waals surface area contributed by atoms with Gasteiger partial charge in [0.1, 0.15) is 5.92 Å². The lowest BCUT2D eigenvalue weighted by Gasteiger charge is -2.34. The van der Waals surface area contributed by atoms with Gasteiger partial charge < -0.3 is 10.6 Å². The van der Waals surface area contributed by atoms with Gasteiger partial charge in [-0.2, -0.15) is 10.5 Å². The molecule has 0 aromatic heterocycles. The van der Waals surface area contributed by atoms with E-state index in [-0.39, 0.29) is 11.7 Å². The van der Waals surface area contributed by atoms with E-state index in [0.29, 0.717) is 17.1 Å². The molecule has 1 aromatic rings. The summed E-state index contributed by atoms with van der Waals surface area (Å²) in [7, 11) is 0. The van der Waals surface area contributed by atoms with Crippen LogP contribution in [0.15, 0.2) is 39.8 Å². The molecule has 0 saturated heterocycles. The largest absolute Gasteiger partial charge is 0.355 e. The van der Waals surface area contributed by atoms with E-state index in [1.54, 1.807) is 25.6 Å². The summed E-state index contributed by atoms with van der Waals surface area (Å²) in [5.74, 6) is -0.709. The summed E-state index contributed by atoms with van der Waals surface area (Å²) >= 11 is 2.77. The maximum atomic E-state index is 12.1. The Labute approximate surface area is 173 Å². The van der Waals surface area contributed by atoms with Gasteiger partial charge in [0, 0.05) is 22.6 Å². The van der Waals surface area contributed by atoms with Crippen molar-refractivity contribution in [3.63, 3.8) is 0 Å². The number of rotatable bonds is 7. The Hall–Kier alpha value is -2.42. The smallest absolute Gasteiger partial charge is 0.243 e. The molecule has 1 heterocycles.